The number of nitrogens with one attached hydrogen (secondary N) is 1. The van der Waals surface area contributed by atoms with Crippen LogP contribution in [0.5, 0.6) is 0 Å². The molecule has 1 spiro atoms. The molecule has 2 heterocycles. The van der Waals surface area contributed by atoms with E-state index >= 15 is 0 Å². The van der Waals surface area contributed by atoms with Crippen LogP contribution >= 0.6 is 0 Å². The molecule has 1 aromatic carbocycles. The summed E-state index contributed by atoms with van der Waals surface area (Å²) in [5, 5.41) is 2.99. The largest absolute Gasteiger partial charge is 0.355 e. The number of carbonyl (C=O) groups excluding carboxylic acids is 2. The van der Waals surface area contributed by atoms with Gasteiger partial charge in [-0.15, -0.1) is 0 Å². The van der Waals surface area contributed by atoms with Crippen molar-refractivity contribution in [2.75, 3.05) is 39.8 Å². The molecule has 0 radical (unpaired) electrons. The highest BCUT2D eigenvalue weighted by atomic mass is 16.2. The molecule has 1 unspecified atom stereocenters. The molecule has 2 fully saturated rings. The maximum Gasteiger partial charge on any atom is 0.234 e. The van der Waals surface area contributed by atoms with Gasteiger partial charge in [0.15, 0.2) is 0 Å². The Kier molecular flexibility index (Phi) is 5.19. The molecule has 2 aliphatic heterocycles. The van der Waals surface area contributed by atoms with E-state index in [0.717, 1.165) is 45.3 Å². The van der Waals surface area contributed by atoms with Crippen LogP contribution in [-0.2, 0) is 16.0 Å². The smallest absolute Gasteiger partial charge is 0.234 e. The van der Waals surface area contributed by atoms with Crippen LogP contribution in [0.25, 0.3) is 0 Å². The summed E-state index contributed by atoms with van der Waals surface area (Å²) in [6.07, 6.45) is 3.76. The summed E-state index contributed by atoms with van der Waals surface area (Å²) >= 11 is 0. The van der Waals surface area contributed by atoms with Crippen LogP contribution in [0.2, 0.25) is 0 Å². The Balaban J connectivity index is 1.43. The fraction of sp³-hybridized carbons (Fsp3) is 0.579. The maximum absolute atomic E-state index is 12.5. The van der Waals surface area contributed by atoms with Crippen molar-refractivity contribution < 1.29 is 9.59 Å². The zero-order valence-electron chi connectivity index (χ0n) is 14.5. The van der Waals surface area contributed by atoms with Gasteiger partial charge in [0.25, 0.3) is 0 Å². The van der Waals surface area contributed by atoms with E-state index in [9.17, 15) is 9.59 Å². The third-order valence-corrected chi connectivity index (χ3v) is 5.33. The Hall–Kier alpha value is -1.88. The molecule has 24 heavy (non-hydrogen) atoms. The third-order valence-electron chi connectivity index (χ3n) is 5.33. The van der Waals surface area contributed by atoms with Crippen molar-refractivity contribution in [1.82, 2.24) is 15.1 Å². The third kappa shape index (κ3) is 3.78. The fourth-order valence-electron chi connectivity index (χ4n) is 3.99. The summed E-state index contributed by atoms with van der Waals surface area (Å²) in [6.45, 7) is 3.48. The monoisotopic (exact) mass is 329 g/mol. The Morgan fingerprint density at radius 3 is 2.79 bits per heavy atom. The van der Waals surface area contributed by atoms with Gasteiger partial charge in [-0.1, -0.05) is 30.3 Å². The van der Waals surface area contributed by atoms with Gasteiger partial charge in [-0.25, -0.2) is 0 Å². The van der Waals surface area contributed by atoms with E-state index in [1.165, 1.54) is 5.56 Å². The number of piperidine rings is 1. The minimum Gasteiger partial charge on any atom is -0.355 e. The molecule has 2 aliphatic rings. The zero-order valence-corrected chi connectivity index (χ0v) is 14.5. The molecular formula is C19H27N3O2. The van der Waals surface area contributed by atoms with E-state index in [4.69, 9.17) is 0 Å². The van der Waals surface area contributed by atoms with Gasteiger partial charge in [0.05, 0.1) is 12.0 Å². The van der Waals surface area contributed by atoms with Crippen molar-refractivity contribution in [3.63, 3.8) is 0 Å². The first-order valence-corrected chi connectivity index (χ1v) is 8.88. The highest BCUT2D eigenvalue weighted by Crippen LogP contribution is 2.39. The average molecular weight is 329 g/mol. The number of nitrogens with zero attached hydrogens (tertiary/aromatic N) is 2. The number of hydrogen-bond donors (Lipinski definition) is 1. The number of rotatable bonds is 5. The quantitative estimate of drug-likeness (QED) is 0.886. The molecule has 2 amide bonds. The summed E-state index contributed by atoms with van der Waals surface area (Å²) in [6, 6.07) is 10.2. The van der Waals surface area contributed by atoms with Crippen LogP contribution in [0.3, 0.4) is 0 Å². The molecule has 5 heteroatoms. The Bertz CT molecular complexity index is 590. The number of hydrogen-bond acceptors (Lipinski definition) is 3. The lowest BCUT2D eigenvalue weighted by atomic mass is 9.78. The summed E-state index contributed by atoms with van der Waals surface area (Å²) in [5.74, 6) is 0.320. The molecule has 0 saturated carbocycles. The van der Waals surface area contributed by atoms with Crippen molar-refractivity contribution in [3.8, 4) is 0 Å². The van der Waals surface area contributed by atoms with E-state index in [0.29, 0.717) is 13.1 Å². The normalized spacial score (nSPS) is 24.5. The van der Waals surface area contributed by atoms with Gasteiger partial charge in [0.2, 0.25) is 11.8 Å². The molecule has 2 saturated heterocycles. The Labute approximate surface area is 144 Å². The Morgan fingerprint density at radius 1 is 1.21 bits per heavy atom. The van der Waals surface area contributed by atoms with Gasteiger partial charge in [0, 0.05) is 26.7 Å². The predicted octanol–water partition coefficient (Wildman–Crippen LogP) is 1.29. The number of likely N-dealkylation sites (tertiary alicyclic amines) is 2. The minimum atomic E-state index is -0.239. The van der Waals surface area contributed by atoms with E-state index in [1.54, 1.807) is 0 Å². The lowest BCUT2D eigenvalue weighted by Crippen LogP contribution is -2.48. The van der Waals surface area contributed by atoms with Gasteiger partial charge in [0.1, 0.15) is 0 Å². The van der Waals surface area contributed by atoms with Crippen molar-refractivity contribution >= 4 is 11.8 Å². The molecule has 130 valence electrons. The maximum atomic E-state index is 12.5. The van der Waals surface area contributed by atoms with Crippen molar-refractivity contribution in [2.45, 2.75) is 25.7 Å². The van der Waals surface area contributed by atoms with Crippen molar-refractivity contribution in [2.24, 2.45) is 5.41 Å². The molecular weight excluding hydrogens is 302 g/mol. The molecule has 0 bridgehead atoms. The summed E-state index contributed by atoms with van der Waals surface area (Å²) in [5.41, 5.74) is 0.992. The van der Waals surface area contributed by atoms with Crippen LogP contribution in [0.15, 0.2) is 30.3 Å². The lowest BCUT2D eigenvalue weighted by Gasteiger charge is -2.37. The van der Waals surface area contributed by atoms with Gasteiger partial charge in [-0.2, -0.15) is 0 Å². The SMILES string of the molecule is CN1CCCC2(CCN(CC(=O)NCCc3ccccc3)C2)C1=O. The van der Waals surface area contributed by atoms with Crippen LogP contribution in [-0.4, -0.2) is 61.4 Å². The number of benzene rings is 1. The van der Waals surface area contributed by atoms with Crippen LogP contribution in [0, 0.1) is 5.41 Å². The Morgan fingerprint density at radius 2 is 2.00 bits per heavy atom. The molecule has 3 rings (SSSR count). The van der Waals surface area contributed by atoms with Crippen molar-refractivity contribution in [3.05, 3.63) is 35.9 Å². The van der Waals surface area contributed by atoms with E-state index in [2.05, 4.69) is 22.3 Å². The fourth-order valence-corrected chi connectivity index (χ4v) is 3.99. The van der Waals surface area contributed by atoms with E-state index in [-0.39, 0.29) is 17.2 Å². The topological polar surface area (TPSA) is 52.6 Å². The molecule has 1 aromatic rings. The van der Waals surface area contributed by atoms with Gasteiger partial charge in [-0.3, -0.25) is 14.5 Å². The first-order chi connectivity index (χ1) is 11.6. The molecule has 0 aromatic heterocycles. The first-order valence-electron chi connectivity index (χ1n) is 8.88. The van der Waals surface area contributed by atoms with Crippen LogP contribution < -0.4 is 5.32 Å². The highest BCUT2D eigenvalue weighted by Gasteiger charge is 2.47. The second-order valence-electron chi connectivity index (χ2n) is 7.16. The minimum absolute atomic E-state index is 0.0552. The van der Waals surface area contributed by atoms with Gasteiger partial charge in [-0.05, 0) is 37.8 Å². The predicted molar refractivity (Wildman–Crippen MR) is 93.5 cm³/mol. The van der Waals surface area contributed by atoms with Crippen LogP contribution in [0.1, 0.15) is 24.8 Å². The number of amides is 2. The standard InChI is InChI=1S/C19H27N3O2/c1-21-12-5-9-19(18(21)24)10-13-22(15-19)14-17(23)20-11-8-16-6-3-2-4-7-16/h2-4,6-7H,5,8-15H2,1H3,(H,20,23). The lowest BCUT2D eigenvalue weighted by molar-refractivity contribution is -0.144. The highest BCUT2D eigenvalue weighted by molar-refractivity contribution is 5.84. The van der Waals surface area contributed by atoms with Gasteiger partial charge >= 0.3 is 0 Å². The zero-order chi connectivity index (χ0) is 17.0. The average Bonchev–Trinajstić information content (AvgIpc) is 2.97. The second-order valence-corrected chi connectivity index (χ2v) is 7.16. The van der Waals surface area contributed by atoms with E-state index in [1.807, 2.05) is 30.1 Å². The van der Waals surface area contributed by atoms with Crippen LogP contribution in [0.4, 0.5) is 0 Å². The second kappa shape index (κ2) is 7.34. The summed E-state index contributed by atoms with van der Waals surface area (Å²) in [7, 11) is 1.89. The molecule has 5 nitrogen and oxygen atoms in total. The molecule has 1 atom stereocenters. The summed E-state index contributed by atoms with van der Waals surface area (Å²) < 4.78 is 0. The molecule has 0 aliphatic carbocycles. The molecule has 1 N–H and O–H groups in total. The first kappa shape index (κ1) is 17.0. The van der Waals surface area contributed by atoms with Gasteiger partial charge < -0.3 is 10.2 Å². The summed E-state index contributed by atoms with van der Waals surface area (Å²) in [4.78, 5) is 28.7. The number of carbonyl (C=O) groups is 2. The van der Waals surface area contributed by atoms with Crippen molar-refractivity contribution in [1.29, 1.82) is 0 Å². The van der Waals surface area contributed by atoms with E-state index < -0.39 is 0 Å².